The van der Waals surface area contributed by atoms with Crippen LogP contribution in [0.25, 0.3) is 0 Å². The molecule has 0 radical (unpaired) electrons. The van der Waals surface area contributed by atoms with E-state index in [2.05, 4.69) is 22.6 Å². The summed E-state index contributed by atoms with van der Waals surface area (Å²) in [5.41, 5.74) is 5.57. The number of piperidine rings is 1. The highest BCUT2D eigenvalue weighted by Crippen LogP contribution is 2.24. The van der Waals surface area contributed by atoms with Crippen LogP contribution in [0.2, 0.25) is 0 Å². The van der Waals surface area contributed by atoms with Crippen LogP contribution in [0, 0.1) is 9.49 Å². The van der Waals surface area contributed by atoms with Crippen LogP contribution in [-0.2, 0) is 4.79 Å². The summed E-state index contributed by atoms with van der Waals surface area (Å²) in [6.45, 7) is 0.923. The molecule has 1 unspecified atom stereocenters. The quantitative estimate of drug-likeness (QED) is 0.767. The van der Waals surface area contributed by atoms with Crippen LogP contribution in [0.3, 0.4) is 0 Å². The molecule has 0 spiro atoms. The maximum atomic E-state index is 12.4. The van der Waals surface area contributed by atoms with Gasteiger partial charge in [-0.2, -0.15) is 0 Å². The van der Waals surface area contributed by atoms with Crippen LogP contribution in [0.4, 0.5) is 0 Å². The van der Waals surface area contributed by atoms with Crippen molar-refractivity contribution in [3.05, 3.63) is 27.3 Å². The molecule has 1 atom stereocenters. The standard InChI is InChI=1S/C13H15IN2O3/c14-9-3-4-11(17)10(6-9)13(19)16-5-1-2-8(7-16)12(15)18/h3-4,6,8,17H,1-2,5,7H2,(H2,15,18). The molecule has 1 aromatic rings. The third kappa shape index (κ3) is 3.17. The maximum absolute atomic E-state index is 12.4. The molecular formula is C13H15IN2O3. The Kier molecular flexibility index (Phi) is 4.28. The Morgan fingerprint density at radius 1 is 1.42 bits per heavy atom. The lowest BCUT2D eigenvalue weighted by Gasteiger charge is -2.31. The summed E-state index contributed by atoms with van der Waals surface area (Å²) in [5, 5.41) is 9.77. The summed E-state index contributed by atoms with van der Waals surface area (Å²) < 4.78 is 0.877. The summed E-state index contributed by atoms with van der Waals surface area (Å²) in [5.74, 6) is -0.944. The van der Waals surface area contributed by atoms with Gasteiger partial charge in [-0.3, -0.25) is 9.59 Å². The van der Waals surface area contributed by atoms with Crippen molar-refractivity contribution in [3.63, 3.8) is 0 Å². The number of nitrogens with zero attached hydrogens (tertiary/aromatic N) is 1. The van der Waals surface area contributed by atoms with Gasteiger partial charge in [-0.1, -0.05) is 0 Å². The molecule has 1 aromatic carbocycles. The lowest BCUT2D eigenvalue weighted by molar-refractivity contribution is -0.123. The number of rotatable bonds is 2. The second-order valence-corrected chi connectivity index (χ2v) is 5.90. The lowest BCUT2D eigenvalue weighted by Crippen LogP contribution is -2.44. The van der Waals surface area contributed by atoms with Gasteiger partial charge in [0.15, 0.2) is 0 Å². The average Bonchev–Trinajstić information content (AvgIpc) is 2.41. The van der Waals surface area contributed by atoms with E-state index in [1.54, 1.807) is 17.0 Å². The molecule has 1 saturated heterocycles. The number of carbonyl (C=O) groups is 2. The molecular weight excluding hydrogens is 359 g/mol. The Morgan fingerprint density at radius 3 is 2.84 bits per heavy atom. The van der Waals surface area contributed by atoms with Crippen molar-refractivity contribution >= 4 is 34.4 Å². The van der Waals surface area contributed by atoms with E-state index >= 15 is 0 Å². The van der Waals surface area contributed by atoms with Gasteiger partial charge in [-0.05, 0) is 53.6 Å². The number of likely N-dealkylation sites (tertiary alicyclic amines) is 1. The van der Waals surface area contributed by atoms with Gasteiger partial charge in [-0.25, -0.2) is 0 Å². The van der Waals surface area contributed by atoms with Crippen LogP contribution in [0.5, 0.6) is 5.75 Å². The molecule has 2 amide bonds. The minimum absolute atomic E-state index is 0.0355. The number of carbonyl (C=O) groups excluding carboxylic acids is 2. The van der Waals surface area contributed by atoms with E-state index in [4.69, 9.17) is 5.73 Å². The normalized spacial score (nSPS) is 19.2. The molecule has 2 rings (SSSR count). The van der Waals surface area contributed by atoms with Gasteiger partial charge in [0.2, 0.25) is 5.91 Å². The molecule has 0 aromatic heterocycles. The largest absolute Gasteiger partial charge is 0.507 e. The Balaban J connectivity index is 2.19. The average molecular weight is 374 g/mol. The fourth-order valence-corrected chi connectivity index (χ4v) is 2.73. The maximum Gasteiger partial charge on any atom is 0.257 e. The summed E-state index contributed by atoms with van der Waals surface area (Å²) in [7, 11) is 0. The van der Waals surface area contributed by atoms with Gasteiger partial charge in [0.05, 0.1) is 11.5 Å². The Morgan fingerprint density at radius 2 is 2.16 bits per heavy atom. The first-order valence-corrected chi connectivity index (χ1v) is 7.14. The van der Waals surface area contributed by atoms with E-state index in [1.807, 2.05) is 0 Å². The summed E-state index contributed by atoms with van der Waals surface area (Å²) in [6, 6.07) is 4.88. The van der Waals surface area contributed by atoms with Crippen LogP contribution in [0.15, 0.2) is 18.2 Å². The van der Waals surface area contributed by atoms with E-state index in [0.29, 0.717) is 13.1 Å². The third-order valence-corrected chi connectivity index (χ3v) is 3.97. The molecule has 102 valence electrons. The topological polar surface area (TPSA) is 83.6 Å². The summed E-state index contributed by atoms with van der Waals surface area (Å²) in [4.78, 5) is 25.2. The molecule has 1 fully saturated rings. The monoisotopic (exact) mass is 374 g/mol. The van der Waals surface area contributed by atoms with E-state index in [9.17, 15) is 14.7 Å². The molecule has 1 aliphatic heterocycles. The smallest absolute Gasteiger partial charge is 0.257 e. The van der Waals surface area contributed by atoms with Crippen molar-refractivity contribution in [3.8, 4) is 5.75 Å². The van der Waals surface area contributed by atoms with Crippen molar-refractivity contribution in [1.29, 1.82) is 0 Å². The zero-order valence-corrected chi connectivity index (χ0v) is 12.5. The second kappa shape index (κ2) is 5.77. The van der Waals surface area contributed by atoms with Crippen LogP contribution < -0.4 is 5.73 Å². The van der Waals surface area contributed by atoms with Gasteiger partial charge < -0.3 is 15.7 Å². The number of phenols is 1. The second-order valence-electron chi connectivity index (χ2n) is 4.65. The minimum atomic E-state index is -0.371. The molecule has 0 aliphatic carbocycles. The molecule has 0 bridgehead atoms. The summed E-state index contributed by atoms with van der Waals surface area (Å²) in [6.07, 6.45) is 1.47. The van der Waals surface area contributed by atoms with Crippen molar-refractivity contribution in [2.75, 3.05) is 13.1 Å². The molecule has 0 saturated carbocycles. The zero-order chi connectivity index (χ0) is 14.0. The molecule has 1 aliphatic rings. The highest BCUT2D eigenvalue weighted by molar-refractivity contribution is 14.1. The fraction of sp³-hybridized carbons (Fsp3) is 0.385. The van der Waals surface area contributed by atoms with Gasteiger partial charge in [0.1, 0.15) is 5.75 Å². The molecule has 19 heavy (non-hydrogen) atoms. The first-order chi connectivity index (χ1) is 8.99. The highest BCUT2D eigenvalue weighted by atomic mass is 127. The predicted octanol–water partition coefficient (Wildman–Crippen LogP) is 1.33. The molecule has 3 N–H and O–H groups in total. The summed E-state index contributed by atoms with van der Waals surface area (Å²) >= 11 is 2.09. The Bertz CT molecular complexity index is 519. The number of halogens is 1. The van der Waals surface area contributed by atoms with Crippen LogP contribution in [0.1, 0.15) is 23.2 Å². The number of phenolic OH excluding ortho intramolecular Hbond substituents is 1. The van der Waals surface area contributed by atoms with Gasteiger partial charge >= 0.3 is 0 Å². The van der Waals surface area contributed by atoms with E-state index in [1.165, 1.54) is 6.07 Å². The third-order valence-electron chi connectivity index (χ3n) is 3.30. The fourth-order valence-electron chi connectivity index (χ4n) is 2.24. The van der Waals surface area contributed by atoms with Gasteiger partial charge in [-0.15, -0.1) is 0 Å². The molecule has 6 heteroatoms. The number of nitrogens with two attached hydrogens (primary N) is 1. The zero-order valence-electron chi connectivity index (χ0n) is 10.3. The van der Waals surface area contributed by atoms with Crippen molar-refractivity contribution in [2.24, 2.45) is 11.7 Å². The number of benzene rings is 1. The predicted molar refractivity (Wildman–Crippen MR) is 78.6 cm³/mol. The Labute approximate surface area is 124 Å². The van der Waals surface area contributed by atoms with Crippen molar-refractivity contribution in [2.45, 2.75) is 12.8 Å². The first-order valence-electron chi connectivity index (χ1n) is 6.06. The van der Waals surface area contributed by atoms with E-state index in [0.717, 1.165) is 16.4 Å². The lowest BCUT2D eigenvalue weighted by atomic mass is 9.97. The number of primary amides is 1. The SMILES string of the molecule is NC(=O)C1CCCN(C(=O)c2cc(I)ccc2O)C1. The number of hydrogen-bond donors (Lipinski definition) is 2. The molecule has 1 heterocycles. The van der Waals surface area contributed by atoms with Gasteiger partial charge in [0.25, 0.3) is 5.91 Å². The van der Waals surface area contributed by atoms with Gasteiger partial charge in [0, 0.05) is 16.7 Å². The molecule has 5 nitrogen and oxygen atoms in total. The van der Waals surface area contributed by atoms with Crippen molar-refractivity contribution < 1.29 is 14.7 Å². The minimum Gasteiger partial charge on any atom is -0.507 e. The van der Waals surface area contributed by atoms with E-state index in [-0.39, 0.29) is 29.0 Å². The van der Waals surface area contributed by atoms with E-state index < -0.39 is 0 Å². The number of aromatic hydroxyl groups is 1. The Hall–Kier alpha value is -1.31. The van der Waals surface area contributed by atoms with Crippen LogP contribution >= 0.6 is 22.6 Å². The number of hydrogen-bond acceptors (Lipinski definition) is 3. The van der Waals surface area contributed by atoms with Crippen molar-refractivity contribution in [1.82, 2.24) is 4.90 Å². The highest BCUT2D eigenvalue weighted by Gasteiger charge is 2.28. The first kappa shape index (κ1) is 14.1. The van der Waals surface area contributed by atoms with Crippen LogP contribution in [-0.4, -0.2) is 34.9 Å². The number of amides is 2.